The largest absolute Gasteiger partial charge is 0.350 e. The molecule has 27 heavy (non-hydrogen) atoms. The first-order chi connectivity index (χ1) is 13.0. The van der Waals surface area contributed by atoms with Crippen LogP contribution in [-0.2, 0) is 19.6 Å². The van der Waals surface area contributed by atoms with E-state index in [1.54, 1.807) is 0 Å². The van der Waals surface area contributed by atoms with Crippen molar-refractivity contribution >= 4 is 10.1 Å². The molecule has 0 aromatic carbocycles. The summed E-state index contributed by atoms with van der Waals surface area (Å²) >= 11 is 0. The average molecular weight is 405 g/mol. The van der Waals surface area contributed by atoms with Gasteiger partial charge in [0.05, 0.1) is 6.61 Å². The van der Waals surface area contributed by atoms with Gasteiger partial charge in [-0.3, -0.25) is 4.55 Å². The molecule has 1 rings (SSSR count). The zero-order valence-corrected chi connectivity index (χ0v) is 17.9. The molecule has 1 aliphatic heterocycles. The van der Waals surface area contributed by atoms with E-state index < -0.39 is 16.2 Å². The number of unbranched alkanes of at least 4 members (excludes halogenated alkanes) is 11. The molecule has 0 spiro atoms. The van der Waals surface area contributed by atoms with Crippen LogP contribution in [0.1, 0.15) is 96.8 Å². The highest BCUT2D eigenvalue weighted by Gasteiger charge is 2.28. The van der Waals surface area contributed by atoms with E-state index in [0.717, 1.165) is 19.3 Å². The molecule has 6 heteroatoms. The SMILES string of the molecule is CCCCCCCC/C=C\CCCCCCCC1OCC(CS(=O)(=O)O)O1. The Balaban J connectivity index is 1.84. The number of hydrogen-bond donors (Lipinski definition) is 1. The van der Waals surface area contributed by atoms with E-state index >= 15 is 0 Å². The topological polar surface area (TPSA) is 72.8 Å². The van der Waals surface area contributed by atoms with Crippen molar-refractivity contribution in [2.75, 3.05) is 12.4 Å². The van der Waals surface area contributed by atoms with Crippen LogP contribution in [0.2, 0.25) is 0 Å². The van der Waals surface area contributed by atoms with Crippen LogP contribution < -0.4 is 0 Å². The maximum atomic E-state index is 10.8. The first-order valence-electron chi connectivity index (χ1n) is 10.9. The minimum Gasteiger partial charge on any atom is -0.350 e. The van der Waals surface area contributed by atoms with E-state index in [1.807, 2.05) is 0 Å². The summed E-state index contributed by atoms with van der Waals surface area (Å²) in [6, 6.07) is 0. The lowest BCUT2D eigenvalue weighted by Gasteiger charge is -2.10. The maximum absolute atomic E-state index is 10.8. The average Bonchev–Trinajstić information content (AvgIpc) is 3.03. The fourth-order valence-corrected chi connectivity index (χ4v) is 4.01. The highest BCUT2D eigenvalue weighted by atomic mass is 32.2. The Morgan fingerprint density at radius 1 is 0.889 bits per heavy atom. The summed E-state index contributed by atoms with van der Waals surface area (Å²) in [4.78, 5) is 0. The zero-order valence-electron chi connectivity index (χ0n) is 17.1. The van der Waals surface area contributed by atoms with E-state index in [2.05, 4.69) is 19.1 Å². The highest BCUT2D eigenvalue weighted by Crippen LogP contribution is 2.19. The minimum atomic E-state index is -3.99. The van der Waals surface area contributed by atoms with E-state index in [4.69, 9.17) is 14.0 Å². The molecule has 2 atom stereocenters. The van der Waals surface area contributed by atoms with Crippen molar-refractivity contribution in [3.05, 3.63) is 12.2 Å². The first kappa shape index (κ1) is 24.6. The molecule has 160 valence electrons. The summed E-state index contributed by atoms with van der Waals surface area (Å²) in [5.41, 5.74) is 0. The van der Waals surface area contributed by atoms with Crippen LogP contribution in [0.3, 0.4) is 0 Å². The van der Waals surface area contributed by atoms with Gasteiger partial charge >= 0.3 is 0 Å². The summed E-state index contributed by atoms with van der Waals surface area (Å²) < 4.78 is 41.4. The summed E-state index contributed by atoms with van der Waals surface area (Å²) in [5.74, 6) is -0.379. The van der Waals surface area contributed by atoms with Crippen molar-refractivity contribution in [3.8, 4) is 0 Å². The molecule has 1 N–H and O–H groups in total. The molecule has 1 fully saturated rings. The van der Waals surface area contributed by atoms with Gasteiger partial charge in [-0.25, -0.2) is 0 Å². The first-order valence-corrected chi connectivity index (χ1v) is 12.5. The van der Waals surface area contributed by atoms with E-state index in [-0.39, 0.29) is 18.6 Å². The second kappa shape index (κ2) is 15.5. The van der Waals surface area contributed by atoms with Gasteiger partial charge in [-0.1, -0.05) is 70.4 Å². The van der Waals surface area contributed by atoms with Gasteiger partial charge < -0.3 is 9.47 Å². The Morgan fingerprint density at radius 2 is 1.44 bits per heavy atom. The van der Waals surface area contributed by atoms with Crippen LogP contribution in [0.15, 0.2) is 12.2 Å². The standard InChI is InChI=1S/C21H40O5S/c1-2-3-4-5-6-7-8-9-10-11-12-13-14-15-16-17-21-25-18-20(26-21)19-27(22,23)24/h9-10,20-21H,2-8,11-19H2,1H3,(H,22,23,24)/b10-9-. The van der Waals surface area contributed by atoms with Crippen LogP contribution in [0.5, 0.6) is 0 Å². The van der Waals surface area contributed by atoms with Gasteiger partial charge in [0.15, 0.2) is 6.29 Å². The molecule has 0 aromatic heterocycles. The van der Waals surface area contributed by atoms with Crippen molar-refractivity contribution < 1.29 is 22.4 Å². The number of hydrogen-bond acceptors (Lipinski definition) is 4. The van der Waals surface area contributed by atoms with Gasteiger partial charge in [0, 0.05) is 0 Å². The Labute approximate surface area is 166 Å². The molecule has 0 aromatic rings. The lowest BCUT2D eigenvalue weighted by atomic mass is 10.1. The Kier molecular flexibility index (Phi) is 14.1. The third-order valence-corrected chi connectivity index (χ3v) is 5.70. The highest BCUT2D eigenvalue weighted by molar-refractivity contribution is 7.85. The molecule has 2 unspecified atom stereocenters. The molecule has 1 saturated heterocycles. The van der Waals surface area contributed by atoms with Gasteiger partial charge in [0.1, 0.15) is 11.9 Å². The van der Waals surface area contributed by atoms with E-state index in [9.17, 15) is 8.42 Å². The lowest BCUT2D eigenvalue weighted by Crippen LogP contribution is -2.23. The number of ether oxygens (including phenoxy) is 2. The van der Waals surface area contributed by atoms with Gasteiger partial charge in [-0.05, 0) is 38.5 Å². The van der Waals surface area contributed by atoms with Gasteiger partial charge in [-0.2, -0.15) is 8.42 Å². The quantitative estimate of drug-likeness (QED) is 0.192. The Hall–Kier alpha value is -0.430. The monoisotopic (exact) mass is 404 g/mol. The smallest absolute Gasteiger partial charge is 0.267 e. The minimum absolute atomic E-state index is 0.246. The van der Waals surface area contributed by atoms with Crippen LogP contribution in [-0.4, -0.2) is 37.7 Å². The Bertz CT molecular complexity index is 475. The molecule has 0 saturated carbocycles. The molecule has 0 amide bonds. The van der Waals surface area contributed by atoms with Gasteiger partial charge in [0.2, 0.25) is 0 Å². The zero-order chi connectivity index (χ0) is 19.8. The number of rotatable bonds is 17. The fourth-order valence-electron chi connectivity index (χ4n) is 3.36. The van der Waals surface area contributed by atoms with E-state index in [1.165, 1.54) is 70.6 Å². The molecular formula is C21H40O5S. The maximum Gasteiger partial charge on any atom is 0.267 e. The summed E-state index contributed by atoms with van der Waals surface area (Å²) in [6.07, 6.45) is 21.1. The van der Waals surface area contributed by atoms with Crippen molar-refractivity contribution in [2.45, 2.75) is 109 Å². The summed E-state index contributed by atoms with van der Waals surface area (Å²) in [7, 11) is -3.99. The molecule has 0 aliphatic carbocycles. The van der Waals surface area contributed by atoms with Crippen molar-refractivity contribution in [1.29, 1.82) is 0 Å². The fraction of sp³-hybridized carbons (Fsp3) is 0.905. The van der Waals surface area contributed by atoms with Crippen LogP contribution >= 0.6 is 0 Å². The third kappa shape index (κ3) is 15.2. The van der Waals surface area contributed by atoms with E-state index in [0.29, 0.717) is 0 Å². The molecular weight excluding hydrogens is 364 g/mol. The second-order valence-electron chi connectivity index (χ2n) is 7.64. The normalized spacial score (nSPS) is 20.7. The van der Waals surface area contributed by atoms with Gasteiger partial charge in [-0.15, -0.1) is 0 Å². The summed E-state index contributed by atoms with van der Waals surface area (Å²) in [5, 5.41) is 0. The predicted octanol–water partition coefficient (Wildman–Crippen LogP) is 5.65. The van der Waals surface area contributed by atoms with Crippen LogP contribution in [0, 0.1) is 0 Å². The third-order valence-electron chi connectivity index (χ3n) is 4.91. The van der Waals surface area contributed by atoms with Crippen molar-refractivity contribution in [3.63, 3.8) is 0 Å². The van der Waals surface area contributed by atoms with Gasteiger partial charge in [0.25, 0.3) is 10.1 Å². The van der Waals surface area contributed by atoms with Crippen molar-refractivity contribution in [1.82, 2.24) is 0 Å². The lowest BCUT2D eigenvalue weighted by molar-refractivity contribution is -0.0600. The Morgan fingerprint density at radius 3 is 2.04 bits per heavy atom. The van der Waals surface area contributed by atoms with Crippen molar-refractivity contribution in [2.24, 2.45) is 0 Å². The second-order valence-corrected chi connectivity index (χ2v) is 9.14. The molecule has 1 heterocycles. The molecule has 5 nitrogen and oxygen atoms in total. The van der Waals surface area contributed by atoms with Crippen LogP contribution in [0.4, 0.5) is 0 Å². The number of allylic oxidation sites excluding steroid dienone is 2. The molecule has 0 radical (unpaired) electrons. The molecule has 0 bridgehead atoms. The van der Waals surface area contributed by atoms with Crippen LogP contribution in [0.25, 0.3) is 0 Å². The summed E-state index contributed by atoms with van der Waals surface area (Å²) in [6.45, 7) is 2.50. The predicted molar refractivity (Wildman–Crippen MR) is 110 cm³/mol. The molecule has 1 aliphatic rings.